The average molecular weight is 306 g/mol. The van der Waals surface area contributed by atoms with E-state index in [1.165, 1.54) is 60.1 Å². The van der Waals surface area contributed by atoms with Crippen LogP contribution in [0, 0.1) is 0 Å². The molecule has 0 saturated carbocycles. The lowest BCUT2D eigenvalue weighted by molar-refractivity contribution is 0.350. The largest absolute Gasteiger partial charge is 0.302 e. The maximum Gasteiger partial charge on any atom is 0.0236 e. The first-order valence-electron chi connectivity index (χ1n) is 9.12. The molecule has 0 saturated heterocycles. The summed E-state index contributed by atoms with van der Waals surface area (Å²) in [5.41, 5.74) is 7.16. The van der Waals surface area contributed by atoms with Gasteiger partial charge in [-0.3, -0.25) is 0 Å². The Balaban J connectivity index is 5.16. The van der Waals surface area contributed by atoms with Crippen molar-refractivity contribution in [1.29, 1.82) is 0 Å². The Kier molecular flexibility index (Phi) is 11.3. The van der Waals surface area contributed by atoms with Gasteiger partial charge < -0.3 is 4.90 Å². The van der Waals surface area contributed by atoms with Crippen molar-refractivity contribution in [3.05, 3.63) is 34.4 Å². The van der Waals surface area contributed by atoms with E-state index >= 15 is 0 Å². The van der Waals surface area contributed by atoms with Crippen molar-refractivity contribution in [3.63, 3.8) is 0 Å². The smallest absolute Gasteiger partial charge is 0.0236 e. The molecule has 0 radical (unpaired) electrons. The zero-order valence-electron chi connectivity index (χ0n) is 16.3. The standard InChI is InChI=1S/C21H39N/c1-9-12-13-14-15-22(8)16-21(19(7)18(6)10-2)20(11-3)17(4)5/h4,9-16H2,1-3,5-8H3/b19-18+,21-20-. The quantitative estimate of drug-likeness (QED) is 0.310. The number of allylic oxidation sites excluding steroid dienone is 3. The molecular formula is C21H39N. The molecule has 0 amide bonds. The molecule has 1 nitrogen and oxygen atoms in total. The van der Waals surface area contributed by atoms with Crippen molar-refractivity contribution in [1.82, 2.24) is 4.90 Å². The van der Waals surface area contributed by atoms with E-state index < -0.39 is 0 Å². The molecule has 0 spiro atoms. The SMILES string of the molecule is C=C(C)/C(CC)=C(CN(C)CCCCCC)\C(C)=C(/C)CC. The lowest BCUT2D eigenvalue weighted by atomic mass is 9.91. The van der Waals surface area contributed by atoms with Gasteiger partial charge in [-0.1, -0.05) is 57.8 Å². The second kappa shape index (κ2) is 11.7. The number of hydrogen-bond donors (Lipinski definition) is 0. The Hall–Kier alpha value is -0.820. The molecule has 0 aliphatic heterocycles. The van der Waals surface area contributed by atoms with Crippen molar-refractivity contribution >= 4 is 0 Å². The minimum absolute atomic E-state index is 1.05. The summed E-state index contributed by atoms with van der Waals surface area (Å²) in [5, 5.41) is 0. The highest BCUT2D eigenvalue weighted by molar-refractivity contribution is 5.44. The molecule has 1 heteroatoms. The third kappa shape index (κ3) is 7.45. The van der Waals surface area contributed by atoms with E-state index in [1.54, 1.807) is 0 Å². The molecule has 0 aromatic rings. The monoisotopic (exact) mass is 305 g/mol. The summed E-state index contributed by atoms with van der Waals surface area (Å²) in [6, 6.07) is 0. The van der Waals surface area contributed by atoms with Crippen molar-refractivity contribution in [3.8, 4) is 0 Å². The third-order valence-electron chi connectivity index (χ3n) is 4.68. The van der Waals surface area contributed by atoms with Crippen LogP contribution in [-0.4, -0.2) is 25.0 Å². The second-order valence-electron chi connectivity index (χ2n) is 6.65. The van der Waals surface area contributed by atoms with Gasteiger partial charge in [0.25, 0.3) is 0 Å². The predicted octanol–water partition coefficient (Wildman–Crippen LogP) is 6.53. The maximum absolute atomic E-state index is 4.21. The normalized spacial score (nSPS) is 14.0. The maximum atomic E-state index is 4.21. The van der Waals surface area contributed by atoms with Crippen LogP contribution in [-0.2, 0) is 0 Å². The lowest BCUT2D eigenvalue weighted by Crippen LogP contribution is -2.24. The molecule has 0 aliphatic rings. The molecule has 0 aliphatic carbocycles. The summed E-state index contributed by atoms with van der Waals surface area (Å²) in [6.45, 7) is 19.9. The Morgan fingerprint density at radius 3 is 1.95 bits per heavy atom. The molecule has 0 aromatic heterocycles. The minimum Gasteiger partial charge on any atom is -0.302 e. The Morgan fingerprint density at radius 2 is 1.50 bits per heavy atom. The number of hydrogen-bond acceptors (Lipinski definition) is 1. The van der Waals surface area contributed by atoms with Crippen LogP contribution in [0.15, 0.2) is 34.4 Å². The molecule has 0 bridgehead atoms. The van der Waals surface area contributed by atoms with Crippen LogP contribution in [0.4, 0.5) is 0 Å². The molecule has 0 fully saturated rings. The molecule has 0 atom stereocenters. The van der Waals surface area contributed by atoms with Crippen LogP contribution >= 0.6 is 0 Å². The first-order chi connectivity index (χ1) is 10.4. The summed E-state index contributed by atoms with van der Waals surface area (Å²) >= 11 is 0. The Morgan fingerprint density at radius 1 is 0.864 bits per heavy atom. The molecule has 128 valence electrons. The van der Waals surface area contributed by atoms with E-state index in [1.807, 2.05) is 0 Å². The summed E-state index contributed by atoms with van der Waals surface area (Å²) in [4.78, 5) is 2.48. The van der Waals surface area contributed by atoms with Gasteiger partial charge in [0, 0.05) is 6.54 Å². The number of nitrogens with zero attached hydrogens (tertiary/aromatic N) is 1. The van der Waals surface area contributed by atoms with E-state index in [-0.39, 0.29) is 0 Å². The first kappa shape index (κ1) is 21.2. The summed E-state index contributed by atoms with van der Waals surface area (Å²) in [5.74, 6) is 0. The molecule has 0 N–H and O–H groups in total. The van der Waals surface area contributed by atoms with Crippen molar-refractivity contribution < 1.29 is 0 Å². The second-order valence-corrected chi connectivity index (χ2v) is 6.65. The summed E-state index contributed by atoms with van der Waals surface area (Å²) < 4.78 is 0. The fourth-order valence-corrected chi connectivity index (χ4v) is 2.89. The van der Waals surface area contributed by atoms with Gasteiger partial charge in [0.15, 0.2) is 0 Å². The van der Waals surface area contributed by atoms with Gasteiger partial charge in [-0.25, -0.2) is 0 Å². The highest BCUT2D eigenvalue weighted by Crippen LogP contribution is 2.26. The van der Waals surface area contributed by atoms with Gasteiger partial charge in [0.2, 0.25) is 0 Å². The van der Waals surface area contributed by atoms with E-state index in [2.05, 4.69) is 60.1 Å². The van der Waals surface area contributed by atoms with Crippen molar-refractivity contribution in [2.24, 2.45) is 0 Å². The Bertz CT molecular complexity index is 398. The van der Waals surface area contributed by atoms with Crippen LogP contribution in [0.25, 0.3) is 0 Å². The van der Waals surface area contributed by atoms with Gasteiger partial charge in [-0.15, -0.1) is 0 Å². The number of likely N-dealkylation sites (N-methyl/N-ethyl adjacent to an activating group) is 1. The lowest BCUT2D eigenvalue weighted by Gasteiger charge is -2.24. The van der Waals surface area contributed by atoms with Crippen LogP contribution < -0.4 is 0 Å². The molecule has 0 heterocycles. The summed E-state index contributed by atoms with van der Waals surface area (Å²) in [7, 11) is 2.26. The zero-order valence-corrected chi connectivity index (χ0v) is 16.3. The van der Waals surface area contributed by atoms with Gasteiger partial charge in [-0.2, -0.15) is 0 Å². The highest BCUT2D eigenvalue weighted by Gasteiger charge is 2.12. The number of rotatable bonds is 11. The molecule has 0 aromatic carbocycles. The molecule has 0 rings (SSSR count). The molecular weight excluding hydrogens is 266 g/mol. The average Bonchev–Trinajstić information content (AvgIpc) is 2.49. The van der Waals surface area contributed by atoms with E-state index in [0.29, 0.717) is 0 Å². The zero-order chi connectivity index (χ0) is 17.1. The molecule has 22 heavy (non-hydrogen) atoms. The van der Waals surface area contributed by atoms with E-state index in [9.17, 15) is 0 Å². The van der Waals surface area contributed by atoms with Gasteiger partial charge in [0.05, 0.1) is 0 Å². The van der Waals surface area contributed by atoms with Crippen LogP contribution in [0.1, 0.15) is 80.1 Å². The fraction of sp³-hybridized carbons (Fsp3) is 0.714. The minimum atomic E-state index is 1.05. The van der Waals surface area contributed by atoms with Crippen molar-refractivity contribution in [2.75, 3.05) is 20.1 Å². The molecule has 0 unspecified atom stereocenters. The van der Waals surface area contributed by atoms with Crippen LogP contribution in [0.3, 0.4) is 0 Å². The van der Waals surface area contributed by atoms with Gasteiger partial charge >= 0.3 is 0 Å². The van der Waals surface area contributed by atoms with E-state index in [0.717, 1.165) is 19.4 Å². The third-order valence-corrected chi connectivity index (χ3v) is 4.68. The van der Waals surface area contributed by atoms with E-state index in [4.69, 9.17) is 0 Å². The van der Waals surface area contributed by atoms with Crippen LogP contribution in [0.2, 0.25) is 0 Å². The topological polar surface area (TPSA) is 3.24 Å². The predicted molar refractivity (Wildman–Crippen MR) is 102 cm³/mol. The van der Waals surface area contributed by atoms with Crippen molar-refractivity contribution in [2.45, 2.75) is 80.1 Å². The van der Waals surface area contributed by atoms with Gasteiger partial charge in [-0.05, 0) is 70.3 Å². The van der Waals surface area contributed by atoms with Crippen LogP contribution in [0.5, 0.6) is 0 Å². The fourth-order valence-electron chi connectivity index (χ4n) is 2.89. The Labute approximate surface area is 140 Å². The first-order valence-corrected chi connectivity index (χ1v) is 9.12. The summed E-state index contributed by atoms with van der Waals surface area (Å²) in [6.07, 6.45) is 7.52. The number of unbranched alkanes of at least 4 members (excludes halogenated alkanes) is 3. The van der Waals surface area contributed by atoms with Gasteiger partial charge in [0.1, 0.15) is 0 Å². The highest BCUT2D eigenvalue weighted by atomic mass is 15.1.